The van der Waals surface area contributed by atoms with Crippen LogP contribution in [0.1, 0.15) is 18.9 Å². The number of carbonyl (C=O) groups is 1. The zero-order valence-corrected chi connectivity index (χ0v) is 8.92. The van der Waals surface area contributed by atoms with Crippen molar-refractivity contribution in [1.82, 2.24) is 5.43 Å². The number of rotatable bonds is 5. The van der Waals surface area contributed by atoms with Crippen molar-refractivity contribution in [2.75, 3.05) is 11.9 Å². The van der Waals surface area contributed by atoms with Crippen molar-refractivity contribution in [1.29, 1.82) is 0 Å². The summed E-state index contributed by atoms with van der Waals surface area (Å²) in [5.41, 5.74) is 4.42. The fourth-order valence-corrected chi connectivity index (χ4v) is 1.25. The SMILES string of the molecule is CCc1ccc(NCCC(=O)NN)cc1. The molecule has 0 fully saturated rings. The first kappa shape index (κ1) is 11.5. The second-order valence-electron chi connectivity index (χ2n) is 3.29. The topological polar surface area (TPSA) is 67.2 Å². The maximum absolute atomic E-state index is 10.8. The Balaban J connectivity index is 2.34. The molecule has 1 aromatic carbocycles. The number of nitrogens with two attached hydrogens (primary N) is 1. The summed E-state index contributed by atoms with van der Waals surface area (Å²) in [6.07, 6.45) is 1.42. The summed E-state index contributed by atoms with van der Waals surface area (Å²) in [7, 11) is 0. The highest BCUT2D eigenvalue weighted by Gasteiger charge is 1.97. The Bertz CT molecular complexity index is 308. The molecule has 4 N–H and O–H groups in total. The Morgan fingerprint density at radius 1 is 1.33 bits per heavy atom. The Labute approximate surface area is 89.8 Å². The van der Waals surface area contributed by atoms with Gasteiger partial charge in [0.05, 0.1) is 0 Å². The third-order valence-electron chi connectivity index (χ3n) is 2.20. The summed E-state index contributed by atoms with van der Waals surface area (Å²) < 4.78 is 0. The molecule has 0 aliphatic rings. The predicted octanol–water partition coefficient (Wildman–Crippen LogP) is 1.04. The molecule has 0 aliphatic carbocycles. The molecule has 0 unspecified atom stereocenters. The van der Waals surface area contributed by atoms with Crippen molar-refractivity contribution in [2.45, 2.75) is 19.8 Å². The van der Waals surface area contributed by atoms with Crippen molar-refractivity contribution < 1.29 is 4.79 Å². The monoisotopic (exact) mass is 207 g/mol. The zero-order chi connectivity index (χ0) is 11.1. The van der Waals surface area contributed by atoms with Crippen LogP contribution in [0.4, 0.5) is 5.69 Å². The molecule has 0 radical (unpaired) electrons. The first-order chi connectivity index (χ1) is 7.26. The number of anilines is 1. The minimum absolute atomic E-state index is 0.160. The zero-order valence-electron chi connectivity index (χ0n) is 8.92. The van der Waals surface area contributed by atoms with E-state index in [1.807, 2.05) is 12.1 Å². The summed E-state index contributed by atoms with van der Waals surface area (Å²) in [5.74, 6) is 4.80. The smallest absolute Gasteiger partial charge is 0.235 e. The lowest BCUT2D eigenvalue weighted by Gasteiger charge is -2.06. The standard InChI is InChI=1S/C11H17N3O/c1-2-9-3-5-10(6-4-9)13-8-7-11(15)14-12/h3-6,13H,2,7-8,12H2,1H3,(H,14,15). The third kappa shape index (κ3) is 3.99. The molecule has 0 saturated carbocycles. The van der Waals surface area contributed by atoms with Crippen LogP contribution in [0.15, 0.2) is 24.3 Å². The average Bonchev–Trinajstić information content (AvgIpc) is 2.29. The summed E-state index contributed by atoms with van der Waals surface area (Å²) in [5, 5.41) is 3.14. The molecule has 82 valence electrons. The molecule has 15 heavy (non-hydrogen) atoms. The van der Waals surface area contributed by atoms with Gasteiger partial charge in [0, 0.05) is 18.7 Å². The van der Waals surface area contributed by atoms with Crippen LogP contribution in [0.25, 0.3) is 0 Å². The lowest BCUT2D eigenvalue weighted by molar-refractivity contribution is -0.120. The quantitative estimate of drug-likeness (QED) is 0.384. The van der Waals surface area contributed by atoms with Crippen LogP contribution >= 0.6 is 0 Å². The minimum Gasteiger partial charge on any atom is -0.385 e. The van der Waals surface area contributed by atoms with Crippen molar-refractivity contribution in [3.05, 3.63) is 29.8 Å². The summed E-state index contributed by atoms with van der Waals surface area (Å²) >= 11 is 0. The van der Waals surface area contributed by atoms with Gasteiger partial charge in [-0.05, 0) is 24.1 Å². The van der Waals surface area contributed by atoms with E-state index in [2.05, 4.69) is 29.8 Å². The Kier molecular flexibility index (Phi) is 4.63. The average molecular weight is 207 g/mol. The molecular weight excluding hydrogens is 190 g/mol. The maximum atomic E-state index is 10.8. The fourth-order valence-electron chi connectivity index (χ4n) is 1.25. The van der Waals surface area contributed by atoms with Crippen molar-refractivity contribution in [3.63, 3.8) is 0 Å². The van der Waals surface area contributed by atoms with Crippen molar-refractivity contribution in [2.24, 2.45) is 5.84 Å². The maximum Gasteiger partial charge on any atom is 0.235 e. The lowest BCUT2D eigenvalue weighted by Crippen LogP contribution is -2.31. The van der Waals surface area contributed by atoms with E-state index < -0.39 is 0 Å². The molecule has 1 rings (SSSR count). The van der Waals surface area contributed by atoms with E-state index in [9.17, 15) is 4.79 Å². The molecule has 4 nitrogen and oxygen atoms in total. The fraction of sp³-hybridized carbons (Fsp3) is 0.364. The van der Waals surface area contributed by atoms with E-state index in [1.54, 1.807) is 0 Å². The van der Waals surface area contributed by atoms with E-state index in [1.165, 1.54) is 5.56 Å². The number of hydrogen-bond acceptors (Lipinski definition) is 3. The molecule has 1 aromatic rings. The Morgan fingerprint density at radius 3 is 2.53 bits per heavy atom. The molecule has 4 heteroatoms. The number of hydrogen-bond donors (Lipinski definition) is 3. The van der Waals surface area contributed by atoms with E-state index in [4.69, 9.17) is 5.84 Å². The Morgan fingerprint density at radius 2 is 2.00 bits per heavy atom. The van der Waals surface area contributed by atoms with Gasteiger partial charge >= 0.3 is 0 Å². The van der Waals surface area contributed by atoms with E-state index in [0.29, 0.717) is 13.0 Å². The second-order valence-corrected chi connectivity index (χ2v) is 3.29. The van der Waals surface area contributed by atoms with Gasteiger partial charge in [0.1, 0.15) is 0 Å². The van der Waals surface area contributed by atoms with Gasteiger partial charge in [0.15, 0.2) is 0 Å². The largest absolute Gasteiger partial charge is 0.385 e. The van der Waals surface area contributed by atoms with Gasteiger partial charge < -0.3 is 5.32 Å². The molecule has 0 aliphatic heterocycles. The van der Waals surface area contributed by atoms with Crippen molar-refractivity contribution in [3.8, 4) is 0 Å². The van der Waals surface area contributed by atoms with Crippen LogP contribution in [-0.2, 0) is 11.2 Å². The normalized spacial score (nSPS) is 9.73. The van der Waals surface area contributed by atoms with Crippen LogP contribution in [0.3, 0.4) is 0 Å². The summed E-state index contributed by atoms with van der Waals surface area (Å²) in [4.78, 5) is 10.8. The molecule has 0 spiro atoms. The van der Waals surface area contributed by atoms with E-state index >= 15 is 0 Å². The van der Waals surface area contributed by atoms with Gasteiger partial charge in [-0.3, -0.25) is 10.2 Å². The van der Waals surface area contributed by atoms with Gasteiger partial charge in [0.2, 0.25) is 5.91 Å². The molecular formula is C11H17N3O. The van der Waals surface area contributed by atoms with Gasteiger partial charge in [-0.2, -0.15) is 0 Å². The molecule has 0 heterocycles. The minimum atomic E-state index is -0.160. The molecule has 0 saturated heterocycles. The van der Waals surface area contributed by atoms with Gasteiger partial charge in [-0.1, -0.05) is 19.1 Å². The van der Waals surface area contributed by atoms with Crippen LogP contribution in [0.2, 0.25) is 0 Å². The Hall–Kier alpha value is -1.55. The lowest BCUT2D eigenvalue weighted by atomic mass is 10.1. The first-order valence-electron chi connectivity index (χ1n) is 5.08. The summed E-state index contributed by atoms with van der Waals surface area (Å²) in [6.45, 7) is 2.71. The van der Waals surface area contributed by atoms with Gasteiger partial charge in [-0.25, -0.2) is 5.84 Å². The van der Waals surface area contributed by atoms with Crippen LogP contribution < -0.4 is 16.6 Å². The highest BCUT2D eigenvalue weighted by atomic mass is 16.2. The number of aryl methyl sites for hydroxylation is 1. The second kappa shape index (κ2) is 6.03. The van der Waals surface area contributed by atoms with Crippen molar-refractivity contribution >= 4 is 11.6 Å². The molecule has 0 bridgehead atoms. The van der Waals surface area contributed by atoms with Crippen LogP contribution in [0.5, 0.6) is 0 Å². The number of hydrazine groups is 1. The van der Waals surface area contributed by atoms with E-state index in [-0.39, 0.29) is 5.91 Å². The third-order valence-corrected chi connectivity index (χ3v) is 2.20. The van der Waals surface area contributed by atoms with E-state index in [0.717, 1.165) is 12.1 Å². The van der Waals surface area contributed by atoms with Crippen LogP contribution in [0, 0.1) is 0 Å². The van der Waals surface area contributed by atoms with Crippen LogP contribution in [-0.4, -0.2) is 12.5 Å². The molecule has 0 aromatic heterocycles. The molecule has 0 atom stereocenters. The van der Waals surface area contributed by atoms with Gasteiger partial charge in [-0.15, -0.1) is 0 Å². The molecule has 1 amide bonds. The summed E-state index contributed by atoms with van der Waals surface area (Å²) in [6, 6.07) is 8.18. The predicted molar refractivity (Wildman–Crippen MR) is 61.3 cm³/mol. The number of benzene rings is 1. The first-order valence-corrected chi connectivity index (χ1v) is 5.08. The number of amides is 1. The highest BCUT2D eigenvalue weighted by Crippen LogP contribution is 2.09. The number of carbonyl (C=O) groups excluding carboxylic acids is 1. The number of nitrogens with one attached hydrogen (secondary N) is 2. The van der Waals surface area contributed by atoms with Gasteiger partial charge in [0.25, 0.3) is 0 Å². The highest BCUT2D eigenvalue weighted by molar-refractivity contribution is 5.75.